The second-order valence-electron chi connectivity index (χ2n) is 7.99. The van der Waals surface area contributed by atoms with E-state index in [2.05, 4.69) is 20.5 Å². The zero-order chi connectivity index (χ0) is 22.8. The summed E-state index contributed by atoms with van der Waals surface area (Å²) in [5.41, 5.74) is 8.35. The SMILES string of the molecule is Cc1cccc(F)c1-c1nc(C(=O)Nc2cn[nH]c2C[C@@H]2CC[C@@H](N)[C@H](F)CO2)c(C)s1. The Labute approximate surface area is 188 Å². The first kappa shape index (κ1) is 22.5. The van der Waals surface area contributed by atoms with Crippen LogP contribution in [0.3, 0.4) is 0 Å². The lowest BCUT2D eigenvalue weighted by molar-refractivity contribution is 0.0295. The maximum atomic E-state index is 14.3. The number of rotatable bonds is 5. The monoisotopic (exact) mass is 461 g/mol. The lowest BCUT2D eigenvalue weighted by Gasteiger charge is -2.15. The summed E-state index contributed by atoms with van der Waals surface area (Å²) in [7, 11) is 0. The van der Waals surface area contributed by atoms with Crippen LogP contribution in [0.25, 0.3) is 10.6 Å². The molecule has 1 amide bonds. The van der Waals surface area contributed by atoms with E-state index < -0.39 is 18.1 Å². The van der Waals surface area contributed by atoms with Crippen molar-refractivity contribution in [3.05, 3.63) is 52.0 Å². The van der Waals surface area contributed by atoms with Crippen molar-refractivity contribution in [3.63, 3.8) is 0 Å². The first-order valence-electron chi connectivity index (χ1n) is 10.4. The van der Waals surface area contributed by atoms with E-state index in [1.807, 2.05) is 0 Å². The first-order valence-corrected chi connectivity index (χ1v) is 11.2. The molecule has 3 atom stereocenters. The van der Waals surface area contributed by atoms with Crippen LogP contribution < -0.4 is 11.1 Å². The van der Waals surface area contributed by atoms with E-state index in [9.17, 15) is 13.6 Å². The summed E-state index contributed by atoms with van der Waals surface area (Å²) >= 11 is 1.27. The van der Waals surface area contributed by atoms with Crippen LogP contribution in [0.1, 0.15) is 39.5 Å². The molecule has 7 nitrogen and oxygen atoms in total. The predicted molar refractivity (Wildman–Crippen MR) is 119 cm³/mol. The average molecular weight is 462 g/mol. The van der Waals surface area contributed by atoms with Gasteiger partial charge in [0, 0.05) is 22.9 Å². The molecule has 0 bridgehead atoms. The van der Waals surface area contributed by atoms with Crippen LogP contribution in [0.4, 0.5) is 14.5 Å². The molecule has 3 aromatic rings. The molecule has 0 unspecified atom stereocenters. The molecule has 1 saturated heterocycles. The smallest absolute Gasteiger partial charge is 0.275 e. The van der Waals surface area contributed by atoms with Gasteiger partial charge in [0.1, 0.15) is 22.7 Å². The normalized spacial score (nSPS) is 21.3. The zero-order valence-corrected chi connectivity index (χ0v) is 18.6. The maximum Gasteiger partial charge on any atom is 0.275 e. The number of anilines is 1. The summed E-state index contributed by atoms with van der Waals surface area (Å²) in [6, 6.07) is 4.30. The molecule has 1 fully saturated rings. The number of hydrogen-bond acceptors (Lipinski definition) is 6. The van der Waals surface area contributed by atoms with Crippen LogP contribution in [-0.4, -0.2) is 46.0 Å². The van der Waals surface area contributed by atoms with Gasteiger partial charge in [-0.1, -0.05) is 12.1 Å². The van der Waals surface area contributed by atoms with Gasteiger partial charge in [0.2, 0.25) is 0 Å². The highest BCUT2D eigenvalue weighted by molar-refractivity contribution is 7.15. The van der Waals surface area contributed by atoms with Crippen molar-refractivity contribution < 1.29 is 18.3 Å². The fourth-order valence-electron chi connectivity index (χ4n) is 3.76. The van der Waals surface area contributed by atoms with Gasteiger partial charge in [-0.3, -0.25) is 9.89 Å². The fourth-order valence-corrected chi connectivity index (χ4v) is 4.78. The zero-order valence-electron chi connectivity index (χ0n) is 17.8. The van der Waals surface area contributed by atoms with Crippen LogP contribution in [-0.2, 0) is 11.2 Å². The summed E-state index contributed by atoms with van der Waals surface area (Å²) in [6.07, 6.45) is 1.68. The van der Waals surface area contributed by atoms with Crippen molar-refractivity contribution >= 4 is 22.9 Å². The number of H-pyrrole nitrogens is 1. The molecule has 0 aliphatic carbocycles. The second kappa shape index (κ2) is 9.43. The molecule has 32 heavy (non-hydrogen) atoms. The average Bonchev–Trinajstić information content (AvgIpc) is 3.31. The van der Waals surface area contributed by atoms with Gasteiger partial charge < -0.3 is 15.8 Å². The van der Waals surface area contributed by atoms with Crippen LogP contribution in [0.5, 0.6) is 0 Å². The third-order valence-corrected chi connectivity index (χ3v) is 6.61. The number of aryl methyl sites for hydroxylation is 2. The van der Waals surface area contributed by atoms with E-state index in [0.717, 1.165) is 5.56 Å². The number of halogens is 2. The number of carbonyl (C=O) groups excluding carboxylic acids is 1. The Balaban J connectivity index is 1.49. The van der Waals surface area contributed by atoms with E-state index in [-0.39, 0.29) is 24.2 Å². The topological polar surface area (TPSA) is 106 Å². The molecular formula is C22H25F2N5O2S. The van der Waals surface area contributed by atoms with Crippen LogP contribution in [0.15, 0.2) is 24.4 Å². The van der Waals surface area contributed by atoms with E-state index >= 15 is 0 Å². The van der Waals surface area contributed by atoms with Gasteiger partial charge in [-0.25, -0.2) is 13.8 Å². The maximum absolute atomic E-state index is 14.3. The first-order chi connectivity index (χ1) is 15.3. The fraction of sp³-hybridized carbons (Fsp3) is 0.409. The van der Waals surface area contributed by atoms with Crippen molar-refractivity contribution in [1.82, 2.24) is 15.2 Å². The minimum absolute atomic E-state index is 0.0437. The lowest BCUT2D eigenvalue weighted by atomic mass is 10.0. The quantitative estimate of drug-likeness (QED) is 0.534. The van der Waals surface area contributed by atoms with Gasteiger partial charge in [-0.05, 0) is 38.3 Å². The largest absolute Gasteiger partial charge is 0.375 e. The molecule has 10 heteroatoms. The molecule has 0 saturated carbocycles. The van der Waals surface area contributed by atoms with E-state index in [1.54, 1.807) is 26.0 Å². The van der Waals surface area contributed by atoms with Crippen molar-refractivity contribution in [2.24, 2.45) is 5.73 Å². The molecule has 1 aromatic carbocycles. The van der Waals surface area contributed by atoms with Gasteiger partial charge in [0.15, 0.2) is 0 Å². The van der Waals surface area contributed by atoms with Gasteiger partial charge in [-0.15, -0.1) is 11.3 Å². The number of nitrogens with two attached hydrogens (primary N) is 1. The van der Waals surface area contributed by atoms with Gasteiger partial charge >= 0.3 is 0 Å². The Morgan fingerprint density at radius 2 is 2.19 bits per heavy atom. The number of hydrogen-bond donors (Lipinski definition) is 3. The molecule has 4 N–H and O–H groups in total. The van der Waals surface area contributed by atoms with Crippen molar-refractivity contribution in [3.8, 4) is 10.6 Å². The number of alkyl halides is 1. The van der Waals surface area contributed by atoms with Crippen molar-refractivity contribution in [2.45, 2.75) is 51.4 Å². The molecular weight excluding hydrogens is 436 g/mol. The highest BCUT2D eigenvalue weighted by atomic mass is 32.1. The molecule has 0 spiro atoms. The third-order valence-electron chi connectivity index (χ3n) is 5.62. The van der Waals surface area contributed by atoms with Crippen molar-refractivity contribution in [2.75, 3.05) is 11.9 Å². The summed E-state index contributed by atoms with van der Waals surface area (Å²) in [5.74, 6) is -0.782. The number of benzene rings is 1. The van der Waals surface area contributed by atoms with E-state index in [4.69, 9.17) is 10.5 Å². The number of nitrogens with one attached hydrogen (secondary N) is 2. The molecule has 4 rings (SSSR count). The number of ether oxygens (including phenoxy) is 1. The van der Waals surface area contributed by atoms with Crippen molar-refractivity contribution in [1.29, 1.82) is 0 Å². The third kappa shape index (κ3) is 4.72. The lowest BCUT2D eigenvalue weighted by Crippen LogP contribution is -2.32. The molecule has 0 radical (unpaired) electrons. The standard InChI is InChI=1S/C22H25F2N5O2S/c1-11-4-3-5-14(23)19(11)22-28-20(12(2)32-22)21(30)27-18-9-26-29-17(18)8-13-6-7-16(25)15(24)10-31-13/h3-5,9,13,15-16H,6-8,10,25H2,1-2H3,(H,26,29)(H,27,30)/t13-,15+,16+/m0/s1. The molecule has 3 heterocycles. The Morgan fingerprint density at radius 1 is 1.38 bits per heavy atom. The molecule has 170 valence electrons. The summed E-state index contributed by atoms with van der Waals surface area (Å²) in [5, 5.41) is 10.2. The van der Waals surface area contributed by atoms with Crippen LogP contribution >= 0.6 is 11.3 Å². The molecule has 1 aliphatic heterocycles. The highest BCUT2D eigenvalue weighted by Crippen LogP contribution is 2.32. The van der Waals surface area contributed by atoms with E-state index in [1.165, 1.54) is 23.6 Å². The van der Waals surface area contributed by atoms with Crippen LogP contribution in [0.2, 0.25) is 0 Å². The highest BCUT2D eigenvalue weighted by Gasteiger charge is 2.27. The number of aromatic nitrogens is 3. The minimum Gasteiger partial charge on any atom is -0.375 e. The Morgan fingerprint density at radius 3 is 2.97 bits per heavy atom. The number of carbonyl (C=O) groups is 1. The predicted octanol–water partition coefficient (Wildman–Crippen LogP) is 3.93. The van der Waals surface area contributed by atoms with Crippen LogP contribution in [0, 0.1) is 19.7 Å². The Kier molecular flexibility index (Phi) is 6.63. The van der Waals surface area contributed by atoms with Gasteiger partial charge in [0.05, 0.1) is 30.3 Å². The minimum atomic E-state index is -1.18. The number of aromatic amines is 1. The summed E-state index contributed by atoms with van der Waals surface area (Å²) in [6.45, 7) is 3.54. The van der Waals surface area contributed by atoms with Gasteiger partial charge in [0.25, 0.3) is 5.91 Å². The van der Waals surface area contributed by atoms with Gasteiger partial charge in [-0.2, -0.15) is 5.10 Å². The number of amides is 1. The number of nitrogens with zero attached hydrogens (tertiary/aromatic N) is 2. The second-order valence-corrected chi connectivity index (χ2v) is 9.19. The Hall–Kier alpha value is -2.69. The molecule has 2 aromatic heterocycles. The number of thiazole rings is 1. The Bertz CT molecular complexity index is 1080. The van der Waals surface area contributed by atoms with E-state index in [0.29, 0.717) is 46.1 Å². The summed E-state index contributed by atoms with van der Waals surface area (Å²) in [4.78, 5) is 18.0. The molecule has 1 aliphatic rings. The summed E-state index contributed by atoms with van der Waals surface area (Å²) < 4.78 is 33.8.